The molecule has 3 heterocycles. The number of amides is 1. The van der Waals surface area contributed by atoms with Gasteiger partial charge in [-0.15, -0.1) is 0 Å². The Morgan fingerprint density at radius 2 is 1.96 bits per heavy atom. The number of anilines is 1. The van der Waals surface area contributed by atoms with Crippen LogP contribution in [0.2, 0.25) is 0 Å². The molecule has 1 saturated carbocycles. The molecule has 1 aliphatic heterocycles. The summed E-state index contributed by atoms with van der Waals surface area (Å²) in [6.07, 6.45) is 5.49. The largest absolute Gasteiger partial charge is 0.353 e. The number of carbonyl (C=O) groups excluding carboxylic acids is 1. The number of H-pyrrole nitrogens is 2. The van der Waals surface area contributed by atoms with Gasteiger partial charge in [-0.2, -0.15) is 5.10 Å². The van der Waals surface area contributed by atoms with Crippen LogP contribution in [0.15, 0.2) is 12.1 Å². The number of aromatic nitrogens is 3. The molecule has 5 nitrogen and oxygen atoms in total. The molecule has 0 bridgehead atoms. The number of carbonyl (C=O) groups is 1. The lowest BCUT2D eigenvalue weighted by atomic mass is 9.85. The zero-order chi connectivity index (χ0) is 18.5. The molecule has 1 amide bonds. The average Bonchev–Trinajstić information content (AvgIpc) is 3.31. The highest BCUT2D eigenvalue weighted by molar-refractivity contribution is 6.11. The molecule has 0 unspecified atom stereocenters. The van der Waals surface area contributed by atoms with Gasteiger partial charge in [-0.1, -0.05) is 0 Å². The van der Waals surface area contributed by atoms with Crippen molar-refractivity contribution in [2.75, 3.05) is 4.90 Å². The van der Waals surface area contributed by atoms with Gasteiger partial charge in [0.25, 0.3) is 0 Å². The van der Waals surface area contributed by atoms with Gasteiger partial charge in [-0.05, 0) is 76.1 Å². The predicted octanol–water partition coefficient (Wildman–Crippen LogP) is 4.14. The van der Waals surface area contributed by atoms with Crippen LogP contribution in [0.4, 0.5) is 5.69 Å². The van der Waals surface area contributed by atoms with Gasteiger partial charge in [-0.3, -0.25) is 9.89 Å². The van der Waals surface area contributed by atoms with Crippen LogP contribution < -0.4 is 4.90 Å². The number of rotatable bonds is 1. The Morgan fingerprint density at radius 3 is 2.74 bits per heavy atom. The quantitative estimate of drug-likeness (QED) is 0.685. The van der Waals surface area contributed by atoms with Crippen molar-refractivity contribution >= 4 is 22.5 Å². The highest BCUT2D eigenvalue weighted by Crippen LogP contribution is 2.49. The number of aryl methyl sites for hydroxylation is 2. The summed E-state index contributed by atoms with van der Waals surface area (Å²) in [7, 11) is 0. The van der Waals surface area contributed by atoms with Crippen molar-refractivity contribution in [2.45, 2.75) is 64.3 Å². The summed E-state index contributed by atoms with van der Waals surface area (Å²) in [5.74, 6) is 0.254. The van der Waals surface area contributed by atoms with Crippen molar-refractivity contribution in [3.8, 4) is 11.4 Å². The molecule has 27 heavy (non-hydrogen) atoms. The number of aromatic amines is 2. The van der Waals surface area contributed by atoms with Crippen LogP contribution in [0.25, 0.3) is 22.3 Å². The first kappa shape index (κ1) is 15.5. The van der Waals surface area contributed by atoms with E-state index in [4.69, 9.17) is 0 Å². The van der Waals surface area contributed by atoms with E-state index in [-0.39, 0.29) is 5.91 Å². The zero-order valence-corrected chi connectivity index (χ0v) is 16.1. The second kappa shape index (κ2) is 4.83. The maximum atomic E-state index is 13.1. The van der Waals surface area contributed by atoms with E-state index in [1.165, 1.54) is 22.2 Å². The molecule has 6 rings (SSSR count). The molecule has 3 aromatic rings. The Balaban J connectivity index is 1.62. The third-order valence-electron chi connectivity index (χ3n) is 6.79. The fourth-order valence-electron chi connectivity index (χ4n) is 5.08. The Bertz CT molecular complexity index is 1130. The van der Waals surface area contributed by atoms with E-state index < -0.39 is 5.41 Å². The fraction of sp³-hybridized carbons (Fsp3) is 0.455. The lowest BCUT2D eigenvalue weighted by Crippen LogP contribution is -2.37. The lowest BCUT2D eigenvalue weighted by Gasteiger charge is -2.19. The lowest BCUT2D eigenvalue weighted by molar-refractivity contribution is -0.122. The molecule has 2 N–H and O–H groups in total. The molecule has 3 aliphatic rings. The number of nitrogens with one attached hydrogen (secondary N) is 2. The second-order valence-corrected chi connectivity index (χ2v) is 8.95. The molecule has 0 saturated heterocycles. The first-order valence-electron chi connectivity index (χ1n) is 10.0. The molecular weight excluding hydrogens is 336 g/mol. The van der Waals surface area contributed by atoms with Crippen LogP contribution in [-0.2, 0) is 23.1 Å². The van der Waals surface area contributed by atoms with Crippen molar-refractivity contribution in [2.24, 2.45) is 0 Å². The summed E-state index contributed by atoms with van der Waals surface area (Å²) in [5, 5.41) is 9.03. The Morgan fingerprint density at radius 1 is 1.19 bits per heavy atom. The molecule has 0 atom stereocenters. The molecule has 5 heteroatoms. The second-order valence-electron chi connectivity index (χ2n) is 8.95. The first-order chi connectivity index (χ1) is 13.0. The molecule has 2 aliphatic carbocycles. The predicted molar refractivity (Wildman–Crippen MR) is 106 cm³/mol. The van der Waals surface area contributed by atoms with E-state index in [2.05, 4.69) is 53.0 Å². The number of fused-ring (bicyclic) bond motifs is 6. The van der Waals surface area contributed by atoms with Crippen LogP contribution in [0.5, 0.6) is 0 Å². The number of hydrogen-bond acceptors (Lipinski definition) is 2. The van der Waals surface area contributed by atoms with Crippen molar-refractivity contribution in [3.63, 3.8) is 0 Å². The molecule has 1 fully saturated rings. The van der Waals surface area contributed by atoms with Crippen LogP contribution in [0.3, 0.4) is 0 Å². The molecule has 2 aromatic heterocycles. The van der Waals surface area contributed by atoms with Gasteiger partial charge in [-0.25, -0.2) is 0 Å². The van der Waals surface area contributed by atoms with Crippen molar-refractivity contribution in [3.05, 3.63) is 34.5 Å². The normalized spacial score (nSPS) is 20.6. The molecule has 0 radical (unpaired) electrons. The van der Waals surface area contributed by atoms with E-state index in [1.54, 1.807) is 0 Å². The van der Waals surface area contributed by atoms with Gasteiger partial charge >= 0.3 is 0 Å². The smallest absolute Gasteiger partial charge is 0.237 e. The minimum absolute atomic E-state index is 0.254. The van der Waals surface area contributed by atoms with E-state index in [9.17, 15) is 4.79 Å². The minimum atomic E-state index is -0.456. The summed E-state index contributed by atoms with van der Waals surface area (Å²) in [6.45, 7) is 6.23. The third-order valence-corrected chi connectivity index (χ3v) is 6.79. The summed E-state index contributed by atoms with van der Waals surface area (Å²) in [5.41, 5.74) is 9.05. The van der Waals surface area contributed by atoms with Gasteiger partial charge in [0.2, 0.25) is 5.91 Å². The van der Waals surface area contributed by atoms with Crippen LogP contribution in [-0.4, -0.2) is 27.1 Å². The van der Waals surface area contributed by atoms with Gasteiger partial charge in [0.1, 0.15) is 5.69 Å². The molecule has 0 spiro atoms. The van der Waals surface area contributed by atoms with Gasteiger partial charge in [0.05, 0.1) is 11.1 Å². The summed E-state index contributed by atoms with van der Waals surface area (Å²) in [6, 6.07) is 4.89. The standard InChI is InChI=1S/C22H24N4O/c1-11-13-5-4-6-14-15-9-18-16(10-17(15)23-19(14)20(13)25-24-11)22(2,3)21(27)26(18)12-7-8-12/h9-10,12,23H,4-8H2,1-3H3,(H,24,25). The Hall–Kier alpha value is -2.56. The van der Waals surface area contributed by atoms with Crippen molar-refractivity contribution < 1.29 is 4.79 Å². The van der Waals surface area contributed by atoms with Crippen LogP contribution >= 0.6 is 0 Å². The maximum absolute atomic E-state index is 13.1. The van der Waals surface area contributed by atoms with Crippen LogP contribution in [0.1, 0.15) is 55.5 Å². The average molecular weight is 360 g/mol. The Labute approximate surface area is 158 Å². The zero-order valence-electron chi connectivity index (χ0n) is 16.1. The summed E-state index contributed by atoms with van der Waals surface area (Å²) < 4.78 is 0. The van der Waals surface area contributed by atoms with Crippen molar-refractivity contribution in [1.82, 2.24) is 15.2 Å². The first-order valence-corrected chi connectivity index (χ1v) is 10.0. The topological polar surface area (TPSA) is 64.8 Å². The van der Waals surface area contributed by atoms with E-state index in [1.807, 2.05) is 0 Å². The van der Waals surface area contributed by atoms with E-state index in [0.29, 0.717) is 6.04 Å². The van der Waals surface area contributed by atoms with Gasteiger partial charge in [0.15, 0.2) is 0 Å². The highest BCUT2D eigenvalue weighted by Gasteiger charge is 2.49. The third kappa shape index (κ3) is 1.89. The van der Waals surface area contributed by atoms with Gasteiger partial charge < -0.3 is 9.88 Å². The molecule has 1 aromatic carbocycles. The summed E-state index contributed by atoms with van der Waals surface area (Å²) in [4.78, 5) is 18.8. The number of benzene rings is 1. The minimum Gasteiger partial charge on any atom is -0.353 e. The fourth-order valence-corrected chi connectivity index (χ4v) is 5.08. The van der Waals surface area contributed by atoms with E-state index in [0.717, 1.165) is 60.3 Å². The number of hydrogen-bond donors (Lipinski definition) is 2. The maximum Gasteiger partial charge on any atom is 0.237 e. The van der Waals surface area contributed by atoms with Gasteiger partial charge in [0, 0.05) is 33.9 Å². The monoisotopic (exact) mass is 360 g/mol. The van der Waals surface area contributed by atoms with Crippen molar-refractivity contribution in [1.29, 1.82) is 0 Å². The number of nitrogens with zero attached hydrogens (tertiary/aromatic N) is 2. The Kier molecular flexibility index (Phi) is 2.77. The SMILES string of the molecule is Cc1[nH]nc2c1CCCc1c-2[nH]c2cc3c(cc12)N(C1CC1)C(=O)C3(C)C. The van der Waals surface area contributed by atoms with Crippen LogP contribution in [0, 0.1) is 6.92 Å². The molecule has 138 valence electrons. The summed E-state index contributed by atoms with van der Waals surface area (Å²) >= 11 is 0. The van der Waals surface area contributed by atoms with E-state index >= 15 is 0 Å². The highest BCUT2D eigenvalue weighted by atomic mass is 16.2. The molecular formula is C22H24N4O.